The summed E-state index contributed by atoms with van der Waals surface area (Å²) < 4.78 is 0. The van der Waals surface area contributed by atoms with Crippen LogP contribution < -0.4 is 11.3 Å². The summed E-state index contributed by atoms with van der Waals surface area (Å²) in [6, 6.07) is 10.9. The van der Waals surface area contributed by atoms with E-state index in [9.17, 15) is 4.79 Å². The van der Waals surface area contributed by atoms with Crippen LogP contribution >= 0.6 is 11.6 Å². The van der Waals surface area contributed by atoms with Crippen molar-refractivity contribution in [3.8, 4) is 11.3 Å². The zero-order valence-electron chi connectivity index (χ0n) is 10.3. The van der Waals surface area contributed by atoms with Crippen LogP contribution in [0, 0.1) is 0 Å². The quantitative estimate of drug-likeness (QED) is 0.874. The SMILES string of the molecule is CC(C)(N)c1ccc(-c2ccc(Cl)cc2)[nH]c1=O. The zero-order valence-corrected chi connectivity index (χ0v) is 11.1. The number of halogens is 1. The minimum Gasteiger partial charge on any atom is -0.322 e. The molecule has 0 radical (unpaired) electrons. The molecule has 4 heteroatoms. The minimum atomic E-state index is -0.647. The third kappa shape index (κ3) is 2.63. The van der Waals surface area contributed by atoms with Crippen LogP contribution in [0.5, 0.6) is 0 Å². The summed E-state index contributed by atoms with van der Waals surface area (Å²) >= 11 is 5.83. The van der Waals surface area contributed by atoms with E-state index in [1.807, 2.05) is 18.2 Å². The molecule has 18 heavy (non-hydrogen) atoms. The van der Waals surface area contributed by atoms with Crippen LogP contribution in [0.1, 0.15) is 19.4 Å². The Morgan fingerprint density at radius 2 is 1.72 bits per heavy atom. The summed E-state index contributed by atoms with van der Waals surface area (Å²) in [4.78, 5) is 14.8. The average Bonchev–Trinajstić information content (AvgIpc) is 2.28. The van der Waals surface area contributed by atoms with Crippen LogP contribution in [0.2, 0.25) is 5.02 Å². The molecule has 0 aliphatic heterocycles. The van der Waals surface area contributed by atoms with Gasteiger partial charge in [0.05, 0.1) is 0 Å². The normalized spacial score (nSPS) is 11.6. The van der Waals surface area contributed by atoms with E-state index in [-0.39, 0.29) is 5.56 Å². The van der Waals surface area contributed by atoms with Gasteiger partial charge in [-0.1, -0.05) is 23.7 Å². The van der Waals surface area contributed by atoms with E-state index in [0.717, 1.165) is 11.3 Å². The van der Waals surface area contributed by atoms with Gasteiger partial charge in [-0.15, -0.1) is 0 Å². The smallest absolute Gasteiger partial charge is 0.253 e. The van der Waals surface area contributed by atoms with Crippen molar-refractivity contribution in [2.24, 2.45) is 5.73 Å². The fourth-order valence-electron chi connectivity index (χ4n) is 1.78. The van der Waals surface area contributed by atoms with Crippen LogP contribution in [0.3, 0.4) is 0 Å². The molecule has 0 saturated carbocycles. The molecule has 2 rings (SSSR count). The van der Waals surface area contributed by atoms with Gasteiger partial charge in [-0.3, -0.25) is 4.79 Å². The van der Waals surface area contributed by atoms with Gasteiger partial charge in [-0.2, -0.15) is 0 Å². The summed E-state index contributed by atoms with van der Waals surface area (Å²) in [7, 11) is 0. The predicted octanol–water partition coefficient (Wildman–Crippen LogP) is 2.89. The molecule has 0 aliphatic rings. The van der Waals surface area contributed by atoms with E-state index in [1.165, 1.54) is 0 Å². The number of hydrogen-bond donors (Lipinski definition) is 2. The summed E-state index contributed by atoms with van der Waals surface area (Å²) in [5.74, 6) is 0. The van der Waals surface area contributed by atoms with Crippen LogP contribution in [-0.4, -0.2) is 4.98 Å². The Balaban J connectivity index is 2.47. The molecule has 0 amide bonds. The molecular weight excluding hydrogens is 248 g/mol. The van der Waals surface area contributed by atoms with Crippen molar-refractivity contribution in [3.05, 3.63) is 57.3 Å². The molecule has 0 saturated heterocycles. The third-order valence-electron chi connectivity index (χ3n) is 2.76. The summed E-state index contributed by atoms with van der Waals surface area (Å²) in [6.45, 7) is 3.61. The van der Waals surface area contributed by atoms with E-state index >= 15 is 0 Å². The van der Waals surface area contributed by atoms with Crippen molar-refractivity contribution in [3.63, 3.8) is 0 Å². The highest BCUT2D eigenvalue weighted by atomic mass is 35.5. The molecule has 0 spiro atoms. The van der Waals surface area contributed by atoms with Gasteiger partial charge in [0.25, 0.3) is 5.56 Å². The van der Waals surface area contributed by atoms with Crippen molar-refractivity contribution in [2.45, 2.75) is 19.4 Å². The summed E-state index contributed by atoms with van der Waals surface area (Å²) in [5, 5.41) is 0.667. The number of rotatable bonds is 2. The Bertz CT molecular complexity index is 609. The van der Waals surface area contributed by atoms with Gasteiger partial charge in [0.1, 0.15) is 0 Å². The highest BCUT2D eigenvalue weighted by molar-refractivity contribution is 6.30. The molecule has 1 heterocycles. The fourth-order valence-corrected chi connectivity index (χ4v) is 1.90. The first-order chi connectivity index (χ1) is 8.38. The monoisotopic (exact) mass is 262 g/mol. The van der Waals surface area contributed by atoms with Crippen LogP contribution in [0.25, 0.3) is 11.3 Å². The van der Waals surface area contributed by atoms with Gasteiger partial charge in [0, 0.05) is 21.8 Å². The van der Waals surface area contributed by atoms with E-state index in [4.69, 9.17) is 17.3 Å². The molecule has 0 bridgehead atoms. The number of benzene rings is 1. The highest BCUT2D eigenvalue weighted by Gasteiger charge is 2.18. The topological polar surface area (TPSA) is 58.9 Å². The lowest BCUT2D eigenvalue weighted by molar-refractivity contribution is 0.547. The fraction of sp³-hybridized carbons (Fsp3) is 0.214. The van der Waals surface area contributed by atoms with Crippen LogP contribution in [-0.2, 0) is 5.54 Å². The Morgan fingerprint density at radius 1 is 1.11 bits per heavy atom. The molecule has 0 atom stereocenters. The zero-order chi connectivity index (χ0) is 13.3. The maximum Gasteiger partial charge on any atom is 0.253 e. The predicted molar refractivity (Wildman–Crippen MR) is 74.7 cm³/mol. The third-order valence-corrected chi connectivity index (χ3v) is 3.01. The molecule has 3 nitrogen and oxygen atoms in total. The number of aromatic nitrogens is 1. The molecular formula is C14H15ClN2O. The standard InChI is InChI=1S/C14H15ClN2O/c1-14(2,16)11-7-8-12(17-13(11)18)9-3-5-10(15)6-4-9/h3-8H,16H2,1-2H3,(H,17,18). The first-order valence-corrected chi connectivity index (χ1v) is 6.04. The second-order valence-corrected chi connectivity index (χ2v) is 5.28. The second-order valence-electron chi connectivity index (χ2n) is 4.84. The lowest BCUT2D eigenvalue weighted by Crippen LogP contribution is -2.35. The van der Waals surface area contributed by atoms with Crippen LogP contribution in [0.4, 0.5) is 0 Å². The number of nitrogens with one attached hydrogen (secondary N) is 1. The molecule has 1 aromatic carbocycles. The second kappa shape index (κ2) is 4.59. The van der Waals surface area contributed by atoms with Gasteiger partial charge in [-0.05, 0) is 43.7 Å². The van der Waals surface area contributed by atoms with Crippen molar-refractivity contribution < 1.29 is 0 Å². The van der Waals surface area contributed by atoms with Gasteiger partial charge in [0.15, 0.2) is 0 Å². The first-order valence-electron chi connectivity index (χ1n) is 5.66. The number of H-pyrrole nitrogens is 1. The van der Waals surface area contributed by atoms with E-state index in [2.05, 4.69) is 4.98 Å². The van der Waals surface area contributed by atoms with E-state index in [1.54, 1.807) is 32.0 Å². The largest absolute Gasteiger partial charge is 0.322 e. The molecule has 2 aromatic rings. The molecule has 0 fully saturated rings. The molecule has 3 N–H and O–H groups in total. The molecule has 94 valence electrons. The number of nitrogens with two attached hydrogens (primary N) is 1. The lowest BCUT2D eigenvalue weighted by Gasteiger charge is -2.18. The number of aromatic amines is 1. The highest BCUT2D eigenvalue weighted by Crippen LogP contribution is 2.20. The Kier molecular flexibility index (Phi) is 3.28. The van der Waals surface area contributed by atoms with Gasteiger partial charge >= 0.3 is 0 Å². The molecule has 0 aliphatic carbocycles. The van der Waals surface area contributed by atoms with E-state index < -0.39 is 5.54 Å². The Morgan fingerprint density at radius 3 is 2.22 bits per heavy atom. The maximum atomic E-state index is 12.0. The van der Waals surface area contributed by atoms with Crippen LogP contribution in [0.15, 0.2) is 41.2 Å². The minimum absolute atomic E-state index is 0.157. The van der Waals surface area contributed by atoms with Gasteiger partial charge in [-0.25, -0.2) is 0 Å². The summed E-state index contributed by atoms with van der Waals surface area (Å²) in [5.41, 5.74) is 7.36. The molecule has 1 aromatic heterocycles. The first kappa shape index (κ1) is 12.9. The Labute approximate surface area is 111 Å². The molecule has 0 unspecified atom stereocenters. The summed E-state index contributed by atoms with van der Waals surface area (Å²) in [6.07, 6.45) is 0. The number of hydrogen-bond acceptors (Lipinski definition) is 2. The number of pyridine rings is 1. The van der Waals surface area contributed by atoms with Crippen molar-refractivity contribution in [1.82, 2.24) is 4.98 Å². The van der Waals surface area contributed by atoms with Gasteiger partial charge in [0.2, 0.25) is 0 Å². The van der Waals surface area contributed by atoms with Gasteiger partial charge < -0.3 is 10.7 Å². The lowest BCUT2D eigenvalue weighted by atomic mass is 9.96. The van der Waals surface area contributed by atoms with Crippen molar-refractivity contribution >= 4 is 11.6 Å². The van der Waals surface area contributed by atoms with Crippen molar-refractivity contribution in [1.29, 1.82) is 0 Å². The van der Waals surface area contributed by atoms with E-state index in [0.29, 0.717) is 10.6 Å². The van der Waals surface area contributed by atoms with Crippen molar-refractivity contribution in [2.75, 3.05) is 0 Å². The maximum absolute atomic E-state index is 12.0. The average molecular weight is 263 g/mol. The Hall–Kier alpha value is -1.58.